The van der Waals surface area contributed by atoms with Crippen LogP contribution in [-0.2, 0) is 13.0 Å². The SMILES string of the molecule is CCCn1nccc1C(O)Cc1ncc(C)c(OC)c1C. The summed E-state index contributed by atoms with van der Waals surface area (Å²) in [4.78, 5) is 4.44. The van der Waals surface area contributed by atoms with E-state index in [1.807, 2.05) is 24.6 Å². The molecule has 0 spiro atoms. The molecule has 5 nitrogen and oxygen atoms in total. The Balaban J connectivity index is 2.23. The summed E-state index contributed by atoms with van der Waals surface area (Å²) in [5, 5.41) is 14.7. The molecule has 0 radical (unpaired) electrons. The first kappa shape index (κ1) is 15.5. The summed E-state index contributed by atoms with van der Waals surface area (Å²) >= 11 is 0. The molecule has 0 aliphatic rings. The number of hydrogen-bond acceptors (Lipinski definition) is 4. The first-order chi connectivity index (χ1) is 10.1. The van der Waals surface area contributed by atoms with E-state index in [-0.39, 0.29) is 0 Å². The standard InChI is InChI=1S/C16H23N3O2/c1-5-8-19-14(6-7-18-19)15(20)9-13-12(3)16(21-4)11(2)10-17-13/h6-7,10,15,20H,5,8-9H2,1-4H3. The summed E-state index contributed by atoms with van der Waals surface area (Å²) in [5.41, 5.74) is 3.68. The van der Waals surface area contributed by atoms with Gasteiger partial charge in [-0.05, 0) is 26.3 Å². The zero-order chi connectivity index (χ0) is 15.4. The van der Waals surface area contributed by atoms with Crippen molar-refractivity contribution in [3.05, 3.63) is 41.0 Å². The number of nitrogens with zero attached hydrogens (tertiary/aromatic N) is 3. The van der Waals surface area contributed by atoms with Gasteiger partial charge in [0.05, 0.1) is 12.8 Å². The van der Waals surface area contributed by atoms with Crippen LogP contribution in [0.15, 0.2) is 18.5 Å². The van der Waals surface area contributed by atoms with Crippen LogP contribution in [0.4, 0.5) is 0 Å². The first-order valence-electron chi connectivity index (χ1n) is 7.27. The van der Waals surface area contributed by atoms with E-state index in [1.165, 1.54) is 0 Å². The lowest BCUT2D eigenvalue weighted by molar-refractivity contribution is 0.165. The number of rotatable bonds is 6. The fourth-order valence-electron chi connectivity index (χ4n) is 2.59. The maximum Gasteiger partial charge on any atom is 0.128 e. The molecular formula is C16H23N3O2. The van der Waals surface area contributed by atoms with Crippen LogP contribution < -0.4 is 4.74 Å². The minimum absolute atomic E-state index is 0.456. The number of hydrogen-bond donors (Lipinski definition) is 1. The van der Waals surface area contributed by atoms with Crippen LogP contribution in [0.25, 0.3) is 0 Å². The Bertz CT molecular complexity index is 608. The van der Waals surface area contributed by atoms with Crippen LogP contribution in [-0.4, -0.2) is 27.0 Å². The number of methoxy groups -OCH3 is 1. The maximum atomic E-state index is 10.5. The summed E-state index contributed by atoms with van der Waals surface area (Å²) in [5.74, 6) is 0.842. The van der Waals surface area contributed by atoms with E-state index in [4.69, 9.17) is 4.74 Å². The molecule has 2 aromatic heterocycles. The van der Waals surface area contributed by atoms with Gasteiger partial charge in [-0.3, -0.25) is 9.67 Å². The van der Waals surface area contributed by atoms with Crippen LogP contribution in [0.3, 0.4) is 0 Å². The van der Waals surface area contributed by atoms with Crippen molar-refractivity contribution in [1.29, 1.82) is 0 Å². The topological polar surface area (TPSA) is 60.2 Å². The third-order valence-corrected chi connectivity index (χ3v) is 3.66. The number of aliphatic hydroxyl groups is 1. The van der Waals surface area contributed by atoms with Gasteiger partial charge in [0.15, 0.2) is 0 Å². The van der Waals surface area contributed by atoms with Gasteiger partial charge in [0, 0.05) is 42.2 Å². The van der Waals surface area contributed by atoms with Gasteiger partial charge in [-0.2, -0.15) is 5.10 Å². The van der Waals surface area contributed by atoms with Crippen molar-refractivity contribution in [2.45, 2.75) is 46.3 Å². The highest BCUT2D eigenvalue weighted by Crippen LogP contribution is 2.27. The quantitative estimate of drug-likeness (QED) is 0.888. The molecule has 0 fully saturated rings. The van der Waals surface area contributed by atoms with Gasteiger partial charge < -0.3 is 9.84 Å². The largest absolute Gasteiger partial charge is 0.496 e. The predicted octanol–water partition coefficient (Wildman–Crippen LogP) is 2.59. The van der Waals surface area contributed by atoms with Crippen molar-refractivity contribution in [2.75, 3.05) is 7.11 Å². The number of aliphatic hydroxyl groups excluding tert-OH is 1. The highest BCUT2D eigenvalue weighted by atomic mass is 16.5. The molecule has 2 heterocycles. The lowest BCUT2D eigenvalue weighted by atomic mass is 10.0. The molecule has 0 bridgehead atoms. The fraction of sp³-hybridized carbons (Fsp3) is 0.500. The van der Waals surface area contributed by atoms with Gasteiger partial charge in [-0.1, -0.05) is 6.92 Å². The molecule has 0 aliphatic heterocycles. The van der Waals surface area contributed by atoms with Crippen LogP contribution in [0.2, 0.25) is 0 Å². The zero-order valence-electron chi connectivity index (χ0n) is 13.1. The smallest absolute Gasteiger partial charge is 0.128 e. The summed E-state index contributed by atoms with van der Waals surface area (Å²) in [7, 11) is 1.66. The van der Waals surface area contributed by atoms with E-state index in [9.17, 15) is 5.11 Å². The molecule has 114 valence electrons. The molecule has 0 amide bonds. The summed E-state index contributed by atoms with van der Waals surface area (Å²) < 4.78 is 7.26. The molecule has 1 N–H and O–H groups in total. The Kier molecular flexibility index (Phi) is 4.96. The molecule has 0 aromatic carbocycles. The van der Waals surface area contributed by atoms with Crippen LogP contribution in [0.1, 0.15) is 42.0 Å². The van der Waals surface area contributed by atoms with Crippen molar-refractivity contribution in [3.63, 3.8) is 0 Å². The van der Waals surface area contributed by atoms with E-state index in [0.717, 1.165) is 41.2 Å². The minimum atomic E-state index is -0.613. The van der Waals surface area contributed by atoms with Crippen molar-refractivity contribution in [2.24, 2.45) is 0 Å². The van der Waals surface area contributed by atoms with Crippen molar-refractivity contribution < 1.29 is 9.84 Å². The average Bonchev–Trinajstić information content (AvgIpc) is 2.91. The van der Waals surface area contributed by atoms with Gasteiger partial charge in [0.1, 0.15) is 11.9 Å². The number of aromatic nitrogens is 3. The van der Waals surface area contributed by atoms with Crippen LogP contribution >= 0.6 is 0 Å². The Morgan fingerprint density at radius 3 is 2.81 bits per heavy atom. The van der Waals surface area contributed by atoms with Crippen LogP contribution in [0.5, 0.6) is 5.75 Å². The first-order valence-corrected chi connectivity index (χ1v) is 7.27. The second-order valence-corrected chi connectivity index (χ2v) is 5.25. The molecule has 0 saturated heterocycles. The summed E-state index contributed by atoms with van der Waals surface area (Å²) in [6.45, 7) is 6.84. The molecule has 5 heteroatoms. The molecule has 0 aliphatic carbocycles. The average molecular weight is 289 g/mol. The van der Waals surface area contributed by atoms with Gasteiger partial charge in [-0.15, -0.1) is 0 Å². The molecule has 0 saturated carbocycles. The van der Waals surface area contributed by atoms with E-state index < -0.39 is 6.10 Å². The predicted molar refractivity (Wildman–Crippen MR) is 81.4 cm³/mol. The Morgan fingerprint density at radius 2 is 2.14 bits per heavy atom. The molecule has 2 rings (SSSR count). The van der Waals surface area contributed by atoms with Gasteiger partial charge >= 0.3 is 0 Å². The molecule has 2 aromatic rings. The molecule has 1 unspecified atom stereocenters. The number of pyridine rings is 1. The number of aryl methyl sites for hydroxylation is 2. The van der Waals surface area contributed by atoms with Crippen LogP contribution in [0, 0.1) is 13.8 Å². The summed E-state index contributed by atoms with van der Waals surface area (Å²) in [6, 6.07) is 1.86. The Morgan fingerprint density at radius 1 is 1.38 bits per heavy atom. The lowest BCUT2D eigenvalue weighted by Crippen LogP contribution is -2.12. The third kappa shape index (κ3) is 3.24. The third-order valence-electron chi connectivity index (χ3n) is 3.66. The van der Waals surface area contributed by atoms with E-state index in [1.54, 1.807) is 19.5 Å². The van der Waals surface area contributed by atoms with Crippen molar-refractivity contribution >= 4 is 0 Å². The fourth-order valence-corrected chi connectivity index (χ4v) is 2.59. The second-order valence-electron chi connectivity index (χ2n) is 5.25. The highest BCUT2D eigenvalue weighted by Gasteiger charge is 2.17. The lowest BCUT2D eigenvalue weighted by Gasteiger charge is -2.16. The highest BCUT2D eigenvalue weighted by molar-refractivity contribution is 5.41. The molecule has 21 heavy (non-hydrogen) atoms. The van der Waals surface area contributed by atoms with Crippen molar-refractivity contribution in [1.82, 2.24) is 14.8 Å². The second kappa shape index (κ2) is 6.72. The van der Waals surface area contributed by atoms with Gasteiger partial charge in [0.2, 0.25) is 0 Å². The monoisotopic (exact) mass is 289 g/mol. The van der Waals surface area contributed by atoms with Gasteiger partial charge in [0.25, 0.3) is 0 Å². The van der Waals surface area contributed by atoms with Crippen molar-refractivity contribution in [3.8, 4) is 5.75 Å². The Labute approximate surface area is 125 Å². The minimum Gasteiger partial charge on any atom is -0.496 e. The molecule has 1 atom stereocenters. The van der Waals surface area contributed by atoms with E-state index in [0.29, 0.717) is 6.42 Å². The molecular weight excluding hydrogens is 266 g/mol. The maximum absolute atomic E-state index is 10.5. The number of ether oxygens (including phenoxy) is 1. The normalized spacial score (nSPS) is 12.4. The Hall–Kier alpha value is -1.88. The summed E-state index contributed by atoms with van der Waals surface area (Å²) in [6.07, 6.45) is 4.34. The van der Waals surface area contributed by atoms with E-state index >= 15 is 0 Å². The van der Waals surface area contributed by atoms with Gasteiger partial charge in [-0.25, -0.2) is 0 Å². The zero-order valence-corrected chi connectivity index (χ0v) is 13.1. The van der Waals surface area contributed by atoms with E-state index in [2.05, 4.69) is 17.0 Å².